The van der Waals surface area contributed by atoms with Crippen LogP contribution >= 0.6 is 24.0 Å². The van der Waals surface area contributed by atoms with Crippen LogP contribution in [0.1, 0.15) is 38.3 Å². The molecule has 1 aromatic rings. The van der Waals surface area contributed by atoms with Crippen molar-refractivity contribution in [3.8, 4) is 0 Å². The number of hydrogen-bond donors (Lipinski definition) is 2. The van der Waals surface area contributed by atoms with Crippen molar-refractivity contribution in [1.82, 2.24) is 15.5 Å². The molecular formula is C21H38FIN4O2. The highest BCUT2D eigenvalue weighted by molar-refractivity contribution is 14.0. The van der Waals surface area contributed by atoms with Gasteiger partial charge in [-0.1, -0.05) is 25.5 Å². The number of rotatable bonds is 14. The predicted octanol–water partition coefficient (Wildman–Crippen LogP) is 3.43. The lowest BCUT2D eigenvalue weighted by Gasteiger charge is -2.23. The number of nitrogens with zero attached hydrogens (tertiary/aromatic N) is 2. The number of benzene rings is 1. The highest BCUT2D eigenvalue weighted by atomic mass is 127. The standard InChI is InChI=1S/C21H37FN4O2.HI/c1-5-7-12-27-14-15-28-13-11-24-21(23-6-2)25-17-20(26(3)4)18-9-8-10-19(22)16-18;/h8-10,16,20H,5-7,11-15,17H2,1-4H3,(H2,23,24,25);1H. The molecule has 2 N–H and O–H groups in total. The van der Waals surface area contributed by atoms with Gasteiger partial charge in [-0.3, -0.25) is 4.99 Å². The molecule has 1 rings (SSSR count). The Morgan fingerprint density at radius 2 is 1.83 bits per heavy atom. The van der Waals surface area contributed by atoms with Gasteiger partial charge >= 0.3 is 0 Å². The van der Waals surface area contributed by atoms with Crippen LogP contribution in [0, 0.1) is 5.82 Å². The topological polar surface area (TPSA) is 58.1 Å². The summed E-state index contributed by atoms with van der Waals surface area (Å²) in [5.74, 6) is 0.503. The normalized spacial score (nSPS) is 12.6. The Kier molecular flexibility index (Phi) is 17.3. The smallest absolute Gasteiger partial charge is 0.191 e. The van der Waals surface area contributed by atoms with Crippen LogP contribution in [-0.2, 0) is 9.47 Å². The lowest BCUT2D eigenvalue weighted by Crippen LogP contribution is -2.39. The third-order valence-corrected chi connectivity index (χ3v) is 4.18. The molecule has 0 aliphatic carbocycles. The maximum atomic E-state index is 13.6. The van der Waals surface area contributed by atoms with E-state index in [0.717, 1.165) is 37.5 Å². The van der Waals surface area contributed by atoms with Gasteiger partial charge in [-0.25, -0.2) is 4.39 Å². The molecule has 8 heteroatoms. The Bertz CT molecular complexity index is 561. The molecule has 0 saturated heterocycles. The summed E-state index contributed by atoms with van der Waals surface area (Å²) >= 11 is 0. The van der Waals surface area contributed by atoms with E-state index in [1.807, 2.05) is 32.0 Å². The molecule has 6 nitrogen and oxygen atoms in total. The summed E-state index contributed by atoms with van der Waals surface area (Å²) in [6.45, 7) is 8.74. The van der Waals surface area contributed by atoms with Gasteiger partial charge in [0.25, 0.3) is 0 Å². The number of hydrogen-bond acceptors (Lipinski definition) is 4. The van der Waals surface area contributed by atoms with E-state index in [9.17, 15) is 4.39 Å². The van der Waals surface area contributed by atoms with Gasteiger partial charge in [0.05, 0.1) is 32.4 Å². The average Bonchev–Trinajstić information content (AvgIpc) is 2.66. The van der Waals surface area contributed by atoms with Crippen LogP contribution in [-0.4, -0.2) is 71.0 Å². The minimum atomic E-state index is -0.228. The van der Waals surface area contributed by atoms with Gasteiger partial charge in [0, 0.05) is 19.7 Å². The molecule has 0 spiro atoms. The second kappa shape index (κ2) is 17.9. The molecule has 1 atom stereocenters. The van der Waals surface area contributed by atoms with Crippen LogP contribution in [0.25, 0.3) is 0 Å². The summed E-state index contributed by atoms with van der Waals surface area (Å²) in [6.07, 6.45) is 2.23. The molecule has 0 radical (unpaired) electrons. The van der Waals surface area contributed by atoms with Gasteiger partial charge in [-0.15, -0.1) is 24.0 Å². The highest BCUT2D eigenvalue weighted by Crippen LogP contribution is 2.19. The Morgan fingerprint density at radius 3 is 2.45 bits per heavy atom. The summed E-state index contributed by atoms with van der Waals surface area (Å²) in [5.41, 5.74) is 0.913. The predicted molar refractivity (Wildman–Crippen MR) is 129 cm³/mol. The molecule has 0 aromatic heterocycles. The van der Waals surface area contributed by atoms with Crippen molar-refractivity contribution in [2.24, 2.45) is 4.99 Å². The molecular weight excluding hydrogens is 486 g/mol. The zero-order chi connectivity index (χ0) is 20.6. The fourth-order valence-corrected chi connectivity index (χ4v) is 2.61. The summed E-state index contributed by atoms with van der Waals surface area (Å²) in [5, 5.41) is 6.50. The summed E-state index contributed by atoms with van der Waals surface area (Å²) in [4.78, 5) is 6.70. The minimum Gasteiger partial charge on any atom is -0.379 e. The first-order chi connectivity index (χ1) is 13.6. The second-order valence-electron chi connectivity index (χ2n) is 6.76. The van der Waals surface area contributed by atoms with Gasteiger partial charge in [0.2, 0.25) is 0 Å². The molecule has 1 unspecified atom stereocenters. The van der Waals surface area contributed by atoms with Crippen molar-refractivity contribution in [1.29, 1.82) is 0 Å². The number of halogens is 2. The van der Waals surface area contributed by atoms with E-state index in [2.05, 4.69) is 22.5 Å². The van der Waals surface area contributed by atoms with Crippen molar-refractivity contribution in [2.45, 2.75) is 32.7 Å². The monoisotopic (exact) mass is 524 g/mol. The van der Waals surface area contributed by atoms with Gasteiger partial charge in [-0.2, -0.15) is 0 Å². The van der Waals surface area contributed by atoms with Crippen molar-refractivity contribution >= 4 is 29.9 Å². The molecule has 0 heterocycles. The van der Waals surface area contributed by atoms with E-state index in [4.69, 9.17) is 9.47 Å². The van der Waals surface area contributed by atoms with Gasteiger partial charge < -0.3 is 25.0 Å². The van der Waals surface area contributed by atoms with Gasteiger partial charge in [0.15, 0.2) is 5.96 Å². The van der Waals surface area contributed by atoms with Crippen LogP contribution in [0.3, 0.4) is 0 Å². The average molecular weight is 524 g/mol. The lowest BCUT2D eigenvalue weighted by molar-refractivity contribution is 0.0487. The maximum Gasteiger partial charge on any atom is 0.191 e. The van der Waals surface area contributed by atoms with Gasteiger partial charge in [-0.05, 0) is 45.1 Å². The van der Waals surface area contributed by atoms with Crippen molar-refractivity contribution in [2.75, 3.05) is 60.2 Å². The molecule has 0 saturated carbocycles. The molecule has 0 bridgehead atoms. The van der Waals surface area contributed by atoms with Crippen LogP contribution in [0.4, 0.5) is 4.39 Å². The first-order valence-electron chi connectivity index (χ1n) is 10.2. The quantitative estimate of drug-likeness (QED) is 0.169. The fourth-order valence-electron chi connectivity index (χ4n) is 2.61. The number of likely N-dealkylation sites (N-methyl/N-ethyl adjacent to an activating group) is 1. The molecule has 29 heavy (non-hydrogen) atoms. The van der Waals surface area contributed by atoms with Crippen molar-refractivity contribution < 1.29 is 13.9 Å². The van der Waals surface area contributed by atoms with E-state index < -0.39 is 0 Å². The fraction of sp³-hybridized carbons (Fsp3) is 0.667. The number of nitrogens with one attached hydrogen (secondary N) is 2. The van der Waals surface area contributed by atoms with E-state index in [-0.39, 0.29) is 35.8 Å². The molecule has 168 valence electrons. The van der Waals surface area contributed by atoms with Crippen LogP contribution in [0.2, 0.25) is 0 Å². The third-order valence-electron chi connectivity index (χ3n) is 4.18. The van der Waals surface area contributed by atoms with Crippen LogP contribution in [0.5, 0.6) is 0 Å². The Labute approximate surface area is 192 Å². The van der Waals surface area contributed by atoms with E-state index in [1.54, 1.807) is 12.1 Å². The van der Waals surface area contributed by atoms with Crippen molar-refractivity contribution in [3.05, 3.63) is 35.6 Å². The largest absolute Gasteiger partial charge is 0.379 e. The van der Waals surface area contributed by atoms with Gasteiger partial charge in [0.1, 0.15) is 5.82 Å². The first-order valence-corrected chi connectivity index (χ1v) is 10.2. The van der Waals surface area contributed by atoms with E-state index in [0.29, 0.717) is 32.9 Å². The highest BCUT2D eigenvalue weighted by Gasteiger charge is 2.14. The Balaban J connectivity index is 0.00000784. The second-order valence-corrected chi connectivity index (χ2v) is 6.76. The minimum absolute atomic E-state index is 0. The molecule has 0 fully saturated rings. The molecule has 1 aromatic carbocycles. The van der Waals surface area contributed by atoms with Crippen LogP contribution in [0.15, 0.2) is 29.3 Å². The van der Waals surface area contributed by atoms with Crippen molar-refractivity contribution in [3.63, 3.8) is 0 Å². The maximum absolute atomic E-state index is 13.6. The number of ether oxygens (including phenoxy) is 2. The molecule has 0 aliphatic rings. The summed E-state index contributed by atoms with van der Waals surface area (Å²) < 4.78 is 24.6. The first kappa shape index (κ1) is 28.0. The Morgan fingerprint density at radius 1 is 1.10 bits per heavy atom. The SMILES string of the molecule is CCCCOCCOCCNC(=NCC(c1cccc(F)c1)N(C)C)NCC.I. The summed E-state index contributed by atoms with van der Waals surface area (Å²) in [6, 6.07) is 6.69. The Hall–Kier alpha value is -0.970. The zero-order valence-electron chi connectivity index (χ0n) is 18.2. The summed E-state index contributed by atoms with van der Waals surface area (Å²) in [7, 11) is 3.95. The van der Waals surface area contributed by atoms with Crippen LogP contribution < -0.4 is 10.6 Å². The lowest BCUT2D eigenvalue weighted by atomic mass is 10.1. The van der Waals surface area contributed by atoms with E-state index >= 15 is 0 Å². The molecule has 0 aliphatic heterocycles. The zero-order valence-corrected chi connectivity index (χ0v) is 20.6. The number of unbranched alkanes of at least 4 members (excludes halogenated alkanes) is 1. The number of guanidine groups is 1. The third kappa shape index (κ3) is 13.0. The number of aliphatic imine (C=N–C) groups is 1. The molecule has 0 amide bonds. The van der Waals surface area contributed by atoms with E-state index in [1.165, 1.54) is 6.07 Å².